The second-order valence-electron chi connectivity index (χ2n) is 4.61. The highest BCUT2D eigenvalue weighted by Gasteiger charge is 2.17. The van der Waals surface area contributed by atoms with Crippen LogP contribution in [-0.4, -0.2) is 5.78 Å². The molecule has 0 amide bonds. The van der Waals surface area contributed by atoms with Gasteiger partial charge in [-0.05, 0) is 18.4 Å². The number of aryl methyl sites for hydroxylation is 1. The van der Waals surface area contributed by atoms with Gasteiger partial charge in [0.15, 0.2) is 5.78 Å². The summed E-state index contributed by atoms with van der Waals surface area (Å²) in [6.45, 7) is 8.29. The van der Waals surface area contributed by atoms with E-state index < -0.39 is 0 Å². The summed E-state index contributed by atoms with van der Waals surface area (Å²) in [5.41, 5.74) is 0.963. The molecule has 1 heterocycles. The monoisotopic (exact) mass is 196 g/mol. The van der Waals surface area contributed by atoms with Crippen LogP contribution in [0, 0.1) is 12.3 Å². The molecule has 1 aromatic rings. The Kier molecular flexibility index (Phi) is 2.91. The van der Waals surface area contributed by atoms with Crippen LogP contribution in [0.25, 0.3) is 0 Å². The summed E-state index contributed by atoms with van der Waals surface area (Å²) in [6, 6.07) is 1.97. The first-order valence-electron chi connectivity index (χ1n) is 4.47. The molecule has 0 N–H and O–H groups in total. The highest BCUT2D eigenvalue weighted by atomic mass is 32.1. The lowest BCUT2D eigenvalue weighted by Crippen LogP contribution is -2.12. The molecule has 0 aliphatic heterocycles. The quantitative estimate of drug-likeness (QED) is 0.659. The van der Waals surface area contributed by atoms with Gasteiger partial charge in [-0.15, -0.1) is 11.3 Å². The average Bonchev–Trinajstić information content (AvgIpc) is 2.31. The van der Waals surface area contributed by atoms with E-state index in [0.717, 1.165) is 5.56 Å². The predicted molar refractivity (Wildman–Crippen MR) is 57.5 cm³/mol. The molecule has 0 fully saturated rings. The standard InChI is InChI=1S/C11H16OS/c1-8-5-9(7-13-8)10(12)6-11(2,3)4/h5,7H,6H2,1-4H3. The molecule has 13 heavy (non-hydrogen) atoms. The van der Waals surface area contributed by atoms with E-state index >= 15 is 0 Å². The molecule has 1 aromatic heterocycles. The van der Waals surface area contributed by atoms with Gasteiger partial charge in [-0.2, -0.15) is 0 Å². The van der Waals surface area contributed by atoms with Crippen LogP contribution < -0.4 is 0 Å². The van der Waals surface area contributed by atoms with Crippen LogP contribution in [0.15, 0.2) is 11.4 Å². The normalized spacial score (nSPS) is 11.7. The number of hydrogen-bond acceptors (Lipinski definition) is 2. The van der Waals surface area contributed by atoms with Gasteiger partial charge in [-0.3, -0.25) is 4.79 Å². The molecule has 0 aliphatic carbocycles. The van der Waals surface area contributed by atoms with Crippen LogP contribution in [0.1, 0.15) is 42.4 Å². The molecule has 1 nitrogen and oxygen atoms in total. The Morgan fingerprint density at radius 1 is 1.46 bits per heavy atom. The minimum absolute atomic E-state index is 0.0902. The van der Waals surface area contributed by atoms with E-state index in [9.17, 15) is 4.79 Å². The Morgan fingerprint density at radius 2 is 2.08 bits per heavy atom. The molecule has 0 saturated carbocycles. The number of thiophene rings is 1. The molecular weight excluding hydrogens is 180 g/mol. The van der Waals surface area contributed by atoms with Gasteiger partial charge in [0.25, 0.3) is 0 Å². The minimum atomic E-state index is 0.0902. The number of rotatable bonds is 2. The van der Waals surface area contributed by atoms with Gasteiger partial charge >= 0.3 is 0 Å². The highest BCUT2D eigenvalue weighted by molar-refractivity contribution is 7.10. The Morgan fingerprint density at radius 3 is 2.46 bits per heavy atom. The summed E-state index contributed by atoms with van der Waals surface area (Å²) in [4.78, 5) is 12.9. The molecule has 1 rings (SSSR count). The fraction of sp³-hybridized carbons (Fsp3) is 0.545. The summed E-state index contributed by atoms with van der Waals surface area (Å²) >= 11 is 1.64. The predicted octanol–water partition coefficient (Wildman–Crippen LogP) is 3.68. The summed E-state index contributed by atoms with van der Waals surface area (Å²) in [7, 11) is 0. The largest absolute Gasteiger partial charge is 0.294 e. The van der Waals surface area contributed by atoms with Gasteiger partial charge in [0, 0.05) is 22.2 Å². The maximum absolute atomic E-state index is 11.7. The fourth-order valence-electron chi connectivity index (χ4n) is 1.17. The number of Topliss-reactive ketones (excluding diaryl/α,β-unsaturated/α-hetero) is 1. The van der Waals surface area contributed by atoms with Crippen LogP contribution in [0.5, 0.6) is 0 Å². The summed E-state index contributed by atoms with van der Waals surface area (Å²) in [5.74, 6) is 0.261. The van der Waals surface area contributed by atoms with Crippen molar-refractivity contribution < 1.29 is 4.79 Å². The summed E-state index contributed by atoms with van der Waals surface area (Å²) in [5, 5.41) is 1.95. The molecule has 0 atom stereocenters. The molecule has 72 valence electrons. The van der Waals surface area contributed by atoms with E-state index in [1.807, 2.05) is 18.4 Å². The van der Waals surface area contributed by atoms with E-state index in [1.54, 1.807) is 11.3 Å². The molecule has 2 heteroatoms. The maximum Gasteiger partial charge on any atom is 0.164 e. The number of carbonyl (C=O) groups is 1. The average molecular weight is 196 g/mol. The first-order chi connectivity index (χ1) is 5.88. The summed E-state index contributed by atoms with van der Waals surface area (Å²) < 4.78 is 0. The lowest BCUT2D eigenvalue weighted by atomic mass is 9.88. The second-order valence-corrected chi connectivity index (χ2v) is 5.72. The third kappa shape index (κ3) is 3.31. The molecular formula is C11H16OS. The second kappa shape index (κ2) is 3.62. The third-order valence-electron chi connectivity index (χ3n) is 1.74. The number of carbonyl (C=O) groups excluding carboxylic acids is 1. The van der Waals surface area contributed by atoms with E-state index in [0.29, 0.717) is 6.42 Å². The topological polar surface area (TPSA) is 17.1 Å². The highest BCUT2D eigenvalue weighted by Crippen LogP contribution is 2.23. The molecule has 0 unspecified atom stereocenters. The first kappa shape index (κ1) is 10.5. The summed E-state index contributed by atoms with van der Waals surface area (Å²) in [6.07, 6.45) is 0.628. The van der Waals surface area contributed by atoms with Gasteiger partial charge in [-0.1, -0.05) is 20.8 Å². The maximum atomic E-state index is 11.7. The Hall–Kier alpha value is -0.630. The molecule has 0 saturated heterocycles. The Bertz CT molecular complexity index is 304. The van der Waals surface area contributed by atoms with Crippen LogP contribution in [0.3, 0.4) is 0 Å². The van der Waals surface area contributed by atoms with Crippen LogP contribution >= 0.6 is 11.3 Å². The lowest BCUT2D eigenvalue weighted by molar-refractivity contribution is 0.0940. The van der Waals surface area contributed by atoms with Crippen molar-refractivity contribution in [1.29, 1.82) is 0 Å². The van der Waals surface area contributed by atoms with Crippen molar-refractivity contribution in [3.8, 4) is 0 Å². The van der Waals surface area contributed by atoms with Crippen LogP contribution in [-0.2, 0) is 0 Å². The van der Waals surface area contributed by atoms with Gasteiger partial charge in [0.1, 0.15) is 0 Å². The molecule has 0 aromatic carbocycles. The molecule has 0 radical (unpaired) electrons. The zero-order chi connectivity index (χ0) is 10.1. The van der Waals surface area contributed by atoms with Crippen molar-refractivity contribution in [2.75, 3.05) is 0 Å². The van der Waals surface area contributed by atoms with Crippen molar-refractivity contribution in [3.63, 3.8) is 0 Å². The van der Waals surface area contributed by atoms with Gasteiger partial charge in [-0.25, -0.2) is 0 Å². The van der Waals surface area contributed by atoms with Crippen molar-refractivity contribution in [3.05, 3.63) is 21.9 Å². The van der Waals surface area contributed by atoms with Gasteiger partial charge < -0.3 is 0 Å². The van der Waals surface area contributed by atoms with Crippen LogP contribution in [0.4, 0.5) is 0 Å². The smallest absolute Gasteiger partial charge is 0.164 e. The third-order valence-corrected chi connectivity index (χ3v) is 2.60. The van der Waals surface area contributed by atoms with Gasteiger partial charge in [0.2, 0.25) is 0 Å². The fourth-order valence-corrected chi connectivity index (χ4v) is 1.88. The SMILES string of the molecule is Cc1cc(C(=O)CC(C)(C)C)cs1. The molecule has 0 aliphatic rings. The van der Waals surface area contributed by atoms with Crippen LogP contribution in [0.2, 0.25) is 0 Å². The van der Waals surface area contributed by atoms with Crippen molar-refractivity contribution >= 4 is 17.1 Å². The van der Waals surface area contributed by atoms with Gasteiger partial charge in [0.05, 0.1) is 0 Å². The molecule has 0 spiro atoms. The van der Waals surface area contributed by atoms with E-state index in [-0.39, 0.29) is 11.2 Å². The van der Waals surface area contributed by atoms with E-state index in [4.69, 9.17) is 0 Å². The Balaban J connectivity index is 2.70. The zero-order valence-corrected chi connectivity index (χ0v) is 9.49. The Labute approximate surface area is 83.8 Å². The molecule has 0 bridgehead atoms. The van der Waals surface area contributed by atoms with Crippen molar-refractivity contribution in [2.45, 2.75) is 34.1 Å². The first-order valence-corrected chi connectivity index (χ1v) is 5.35. The lowest BCUT2D eigenvalue weighted by Gasteiger charge is -2.15. The number of ketones is 1. The number of hydrogen-bond donors (Lipinski definition) is 0. The zero-order valence-electron chi connectivity index (χ0n) is 8.68. The van der Waals surface area contributed by atoms with Crippen molar-refractivity contribution in [1.82, 2.24) is 0 Å². The minimum Gasteiger partial charge on any atom is -0.294 e. The van der Waals surface area contributed by atoms with E-state index in [1.165, 1.54) is 4.88 Å². The van der Waals surface area contributed by atoms with Crippen molar-refractivity contribution in [2.24, 2.45) is 5.41 Å². The van der Waals surface area contributed by atoms with E-state index in [2.05, 4.69) is 20.8 Å².